The largest absolute Gasteiger partial charge is 0.390 e. The van der Waals surface area contributed by atoms with Crippen LogP contribution in [-0.2, 0) is 15.0 Å². The molecule has 0 radical (unpaired) electrons. The molecule has 2 fully saturated rings. The minimum absolute atomic E-state index is 0.196. The van der Waals surface area contributed by atoms with Crippen molar-refractivity contribution in [3.63, 3.8) is 0 Å². The van der Waals surface area contributed by atoms with Crippen LogP contribution in [0.3, 0.4) is 0 Å². The summed E-state index contributed by atoms with van der Waals surface area (Å²) in [6, 6.07) is 7.44. The van der Waals surface area contributed by atoms with Crippen molar-refractivity contribution >= 4 is 29.1 Å². The highest BCUT2D eigenvalue weighted by Crippen LogP contribution is 2.56. The second kappa shape index (κ2) is 8.75. The highest BCUT2D eigenvalue weighted by molar-refractivity contribution is 6.30. The maximum atomic E-state index is 14.7. The van der Waals surface area contributed by atoms with Gasteiger partial charge in [0, 0.05) is 34.8 Å². The summed E-state index contributed by atoms with van der Waals surface area (Å²) in [4.78, 5) is 27.8. The Hall–Kier alpha value is -2.55. The van der Waals surface area contributed by atoms with Crippen LogP contribution in [0, 0.1) is 17.0 Å². The van der Waals surface area contributed by atoms with Gasteiger partial charge in [-0.05, 0) is 60.9 Å². The van der Waals surface area contributed by atoms with E-state index in [1.165, 1.54) is 0 Å². The molecule has 4 atom stereocenters. The first-order valence-corrected chi connectivity index (χ1v) is 12.9. The zero-order valence-electron chi connectivity index (χ0n) is 21.3. The molecule has 0 aromatic heterocycles. The number of anilines is 1. The molecule has 2 amide bonds. The number of carbonyl (C=O) groups excluding carboxylic acids is 2. The van der Waals surface area contributed by atoms with Gasteiger partial charge in [-0.2, -0.15) is 0 Å². The molecule has 2 aromatic carbocycles. The molecule has 37 heavy (non-hydrogen) atoms. The van der Waals surface area contributed by atoms with Crippen molar-refractivity contribution in [3.05, 3.63) is 64.2 Å². The average Bonchev–Trinajstić information content (AvgIpc) is 3.22. The molecule has 1 unspecified atom stereocenters. The molecule has 1 spiro atoms. The van der Waals surface area contributed by atoms with E-state index in [2.05, 4.69) is 16.0 Å². The van der Waals surface area contributed by atoms with E-state index in [-0.39, 0.29) is 23.1 Å². The van der Waals surface area contributed by atoms with Gasteiger partial charge in [-0.3, -0.25) is 9.59 Å². The van der Waals surface area contributed by atoms with Gasteiger partial charge < -0.3 is 21.1 Å². The van der Waals surface area contributed by atoms with Gasteiger partial charge in [0.1, 0.15) is 5.41 Å². The van der Waals surface area contributed by atoms with Crippen LogP contribution in [0.5, 0.6) is 0 Å². The van der Waals surface area contributed by atoms with Crippen LogP contribution < -0.4 is 16.0 Å². The van der Waals surface area contributed by atoms with Crippen LogP contribution in [0.25, 0.3) is 0 Å². The second-order valence-electron chi connectivity index (χ2n) is 12.2. The summed E-state index contributed by atoms with van der Waals surface area (Å²) in [7, 11) is 0. The SMILES string of the molecule is CC(C)(C)C[C@@H]1N[C@@H](C(=O)NC2CC(C)(O)C2)[C@H](c2cccc(Cl)c2)C12C(=O)Nc1cc(F)c(F)cc12. The fourth-order valence-corrected chi connectivity index (χ4v) is 6.73. The number of benzene rings is 2. The molecular weight excluding hydrogens is 500 g/mol. The maximum Gasteiger partial charge on any atom is 0.238 e. The summed E-state index contributed by atoms with van der Waals surface area (Å²) >= 11 is 6.36. The Morgan fingerprint density at radius 2 is 1.86 bits per heavy atom. The minimum Gasteiger partial charge on any atom is -0.390 e. The molecule has 2 aliphatic heterocycles. The average molecular weight is 532 g/mol. The van der Waals surface area contributed by atoms with Crippen molar-refractivity contribution in [2.45, 2.75) is 82.0 Å². The molecule has 3 aliphatic rings. The summed E-state index contributed by atoms with van der Waals surface area (Å²) in [6.07, 6.45) is 1.34. The minimum atomic E-state index is -1.39. The van der Waals surface area contributed by atoms with Gasteiger partial charge >= 0.3 is 0 Å². The Bertz CT molecular complexity index is 1270. The van der Waals surface area contributed by atoms with Crippen LogP contribution in [0.1, 0.15) is 64.0 Å². The van der Waals surface area contributed by atoms with E-state index >= 15 is 0 Å². The monoisotopic (exact) mass is 531 g/mol. The second-order valence-corrected chi connectivity index (χ2v) is 12.7. The first kappa shape index (κ1) is 26.1. The van der Waals surface area contributed by atoms with Crippen LogP contribution in [0.2, 0.25) is 5.02 Å². The van der Waals surface area contributed by atoms with Gasteiger partial charge in [0.2, 0.25) is 11.8 Å². The third kappa shape index (κ3) is 4.43. The number of halogens is 3. The topological polar surface area (TPSA) is 90.5 Å². The summed E-state index contributed by atoms with van der Waals surface area (Å²) in [5.74, 6) is -3.60. The van der Waals surface area contributed by atoms with E-state index in [0.717, 1.165) is 12.1 Å². The molecule has 9 heteroatoms. The predicted molar refractivity (Wildman–Crippen MR) is 137 cm³/mol. The number of carbonyl (C=O) groups is 2. The highest BCUT2D eigenvalue weighted by Gasteiger charge is 2.66. The quantitative estimate of drug-likeness (QED) is 0.471. The first-order chi connectivity index (χ1) is 17.2. The zero-order chi connectivity index (χ0) is 26.9. The lowest BCUT2D eigenvalue weighted by Crippen LogP contribution is -2.57. The van der Waals surface area contributed by atoms with Crippen molar-refractivity contribution in [3.8, 4) is 0 Å². The number of nitrogens with one attached hydrogen (secondary N) is 3. The third-order valence-electron chi connectivity index (χ3n) is 7.91. The molecule has 1 saturated heterocycles. The molecule has 5 rings (SSSR count). The molecular formula is C28H32ClF2N3O3. The Labute approximate surface area is 220 Å². The van der Waals surface area contributed by atoms with Crippen molar-refractivity contribution in [2.24, 2.45) is 5.41 Å². The van der Waals surface area contributed by atoms with Crippen molar-refractivity contribution < 1.29 is 23.5 Å². The third-order valence-corrected chi connectivity index (χ3v) is 8.14. The number of hydrogen-bond acceptors (Lipinski definition) is 4. The summed E-state index contributed by atoms with van der Waals surface area (Å²) < 4.78 is 28.9. The molecule has 2 aromatic rings. The number of hydrogen-bond donors (Lipinski definition) is 4. The Morgan fingerprint density at radius 3 is 2.49 bits per heavy atom. The molecule has 4 N–H and O–H groups in total. The fourth-order valence-electron chi connectivity index (χ4n) is 6.53. The highest BCUT2D eigenvalue weighted by atomic mass is 35.5. The summed E-state index contributed by atoms with van der Waals surface area (Å²) in [6.45, 7) is 7.80. The van der Waals surface area contributed by atoms with Crippen molar-refractivity contribution in [1.82, 2.24) is 10.6 Å². The first-order valence-electron chi connectivity index (χ1n) is 12.6. The molecule has 1 saturated carbocycles. The van der Waals surface area contributed by atoms with Gasteiger partial charge in [0.15, 0.2) is 11.6 Å². The van der Waals surface area contributed by atoms with Gasteiger partial charge in [0.05, 0.1) is 11.6 Å². The van der Waals surface area contributed by atoms with Gasteiger partial charge in [-0.15, -0.1) is 0 Å². The van der Waals surface area contributed by atoms with Gasteiger partial charge in [-0.1, -0.05) is 44.5 Å². The number of aliphatic hydroxyl groups is 1. The van der Waals surface area contributed by atoms with Gasteiger partial charge in [-0.25, -0.2) is 8.78 Å². The summed E-state index contributed by atoms with van der Waals surface area (Å²) in [5, 5.41) is 19.8. The number of rotatable bonds is 4. The van der Waals surface area contributed by atoms with Crippen LogP contribution in [0.15, 0.2) is 36.4 Å². The normalized spacial score (nSPS) is 32.7. The van der Waals surface area contributed by atoms with E-state index < -0.39 is 46.6 Å². The van der Waals surface area contributed by atoms with Crippen LogP contribution >= 0.6 is 11.6 Å². The smallest absolute Gasteiger partial charge is 0.238 e. The predicted octanol–water partition coefficient (Wildman–Crippen LogP) is 4.40. The lowest BCUT2D eigenvalue weighted by molar-refractivity contribution is -0.127. The Morgan fingerprint density at radius 1 is 1.19 bits per heavy atom. The number of fused-ring (bicyclic) bond motifs is 2. The van der Waals surface area contributed by atoms with Crippen LogP contribution in [-0.4, -0.2) is 40.6 Å². The van der Waals surface area contributed by atoms with Crippen LogP contribution in [0.4, 0.5) is 14.5 Å². The number of amides is 2. The van der Waals surface area contributed by atoms with Crippen molar-refractivity contribution in [2.75, 3.05) is 5.32 Å². The molecule has 2 heterocycles. The maximum absolute atomic E-state index is 14.7. The van der Waals surface area contributed by atoms with E-state index in [1.807, 2.05) is 20.8 Å². The molecule has 198 valence electrons. The molecule has 1 aliphatic carbocycles. The Balaban J connectivity index is 1.68. The standard InChI is InChI=1S/C28H32ClF2N3O3/c1-26(2,3)13-21-28(17-9-18(30)19(31)10-20(17)33-25(28)36)22(14-6-5-7-15(29)8-14)23(34-21)24(35)32-16-11-27(4,37)12-16/h5-10,16,21-23,34,37H,11-13H2,1-4H3,(H,32,35)(H,33,36)/t16?,21-,22-,23+,27?,28?/m0/s1. The lowest BCUT2D eigenvalue weighted by Gasteiger charge is -2.42. The van der Waals surface area contributed by atoms with E-state index in [1.54, 1.807) is 31.2 Å². The zero-order valence-corrected chi connectivity index (χ0v) is 22.0. The van der Waals surface area contributed by atoms with E-state index in [4.69, 9.17) is 11.6 Å². The molecule has 6 nitrogen and oxygen atoms in total. The lowest BCUT2D eigenvalue weighted by atomic mass is 9.62. The van der Waals surface area contributed by atoms with Gasteiger partial charge in [0.25, 0.3) is 0 Å². The van der Waals surface area contributed by atoms with E-state index in [0.29, 0.717) is 35.4 Å². The van der Waals surface area contributed by atoms with Crippen molar-refractivity contribution in [1.29, 1.82) is 0 Å². The summed E-state index contributed by atoms with van der Waals surface area (Å²) in [5.41, 5.74) is -1.31. The Kier molecular flexibility index (Phi) is 6.17. The molecule has 0 bridgehead atoms. The van der Waals surface area contributed by atoms with E-state index in [9.17, 15) is 23.5 Å². The fraction of sp³-hybridized carbons (Fsp3) is 0.500.